The van der Waals surface area contributed by atoms with E-state index in [9.17, 15) is 19.2 Å². The van der Waals surface area contributed by atoms with Crippen LogP contribution in [0.4, 0.5) is 4.79 Å². The van der Waals surface area contributed by atoms with Crippen LogP contribution in [-0.4, -0.2) is 94.4 Å². The molecule has 0 saturated carbocycles. The number of unbranched alkanes of at least 4 members (excludes halogenated alkanes) is 2. The summed E-state index contributed by atoms with van der Waals surface area (Å²) >= 11 is 0. The lowest BCUT2D eigenvalue weighted by Crippen LogP contribution is -2.51. The highest BCUT2D eigenvalue weighted by Crippen LogP contribution is 2.45. The van der Waals surface area contributed by atoms with Gasteiger partial charge in [-0.3, -0.25) is 9.69 Å². The fourth-order valence-corrected chi connectivity index (χ4v) is 8.77. The molecule has 1 aliphatic carbocycles. The van der Waals surface area contributed by atoms with Crippen LogP contribution in [0.5, 0.6) is 0 Å². The zero-order chi connectivity index (χ0) is 46.8. The van der Waals surface area contributed by atoms with Gasteiger partial charge in [-0.1, -0.05) is 97.8 Å². The van der Waals surface area contributed by atoms with Gasteiger partial charge in [0.2, 0.25) is 0 Å². The second-order valence-corrected chi connectivity index (χ2v) is 17.7. The van der Waals surface area contributed by atoms with Crippen LogP contribution >= 0.6 is 0 Å². The van der Waals surface area contributed by atoms with Gasteiger partial charge >= 0.3 is 17.8 Å². The van der Waals surface area contributed by atoms with Crippen LogP contribution in [0.1, 0.15) is 89.3 Å². The average Bonchev–Trinajstić information content (AvgIpc) is 3.96. The van der Waals surface area contributed by atoms with Gasteiger partial charge in [-0.25, -0.2) is 19.0 Å². The number of fused-ring (bicyclic) bond motifs is 4. The molecule has 2 fully saturated rings. The topological polar surface area (TPSA) is 195 Å². The first-order valence-corrected chi connectivity index (χ1v) is 22.7. The fourth-order valence-electron chi connectivity index (χ4n) is 8.77. The molecule has 3 heterocycles. The molecule has 0 spiro atoms. The fraction of sp³-hybridized carbons (Fsp3) is 0.510. The number of hydrogen-bond donors (Lipinski definition) is 0. The molecule has 4 aromatic rings. The van der Waals surface area contributed by atoms with Crippen LogP contribution in [0.25, 0.3) is 21.6 Å². The number of carbonyl (C=O) groups is 2. The molecule has 3 aromatic carbocycles. The van der Waals surface area contributed by atoms with E-state index in [1.54, 1.807) is 20.8 Å². The van der Waals surface area contributed by atoms with Crippen molar-refractivity contribution in [2.24, 2.45) is 5.11 Å². The smallest absolute Gasteiger partial charge is 0.410 e. The molecule has 1 amide bonds. The van der Waals surface area contributed by atoms with E-state index in [0.717, 1.165) is 32.4 Å². The number of azide groups is 1. The van der Waals surface area contributed by atoms with Gasteiger partial charge in [-0.2, -0.15) is 0 Å². The molecule has 7 rings (SSSR count). The number of nitrogens with zero attached hydrogens (tertiary/aromatic N) is 6. The highest BCUT2D eigenvalue weighted by atomic mass is 16.8. The van der Waals surface area contributed by atoms with E-state index in [0.29, 0.717) is 38.6 Å². The molecule has 3 aliphatic rings. The summed E-state index contributed by atoms with van der Waals surface area (Å²) in [5.41, 5.74) is 12.3. The third-order valence-electron chi connectivity index (χ3n) is 12.2. The Morgan fingerprint density at radius 1 is 0.894 bits per heavy atom. The zero-order valence-electron chi connectivity index (χ0n) is 38.3. The second kappa shape index (κ2) is 21.7. The Morgan fingerprint density at radius 3 is 2.23 bits per heavy atom. The minimum absolute atomic E-state index is 0.0107. The van der Waals surface area contributed by atoms with Gasteiger partial charge in [0.15, 0.2) is 18.1 Å². The number of ether oxygens (including phenoxy) is 7. The summed E-state index contributed by atoms with van der Waals surface area (Å²) in [6.45, 7) is 9.16. The Labute approximate surface area is 384 Å². The van der Waals surface area contributed by atoms with Crippen molar-refractivity contribution in [3.05, 3.63) is 139 Å². The molecule has 17 heteroatoms. The molecule has 0 unspecified atom stereocenters. The third-order valence-corrected chi connectivity index (χ3v) is 12.2. The van der Waals surface area contributed by atoms with Crippen molar-refractivity contribution in [2.75, 3.05) is 26.3 Å². The normalized spacial score (nSPS) is 19.9. The van der Waals surface area contributed by atoms with Gasteiger partial charge in [0.05, 0.1) is 25.9 Å². The van der Waals surface area contributed by atoms with E-state index in [1.807, 2.05) is 80.6 Å². The summed E-state index contributed by atoms with van der Waals surface area (Å²) in [4.78, 5) is 59.1. The van der Waals surface area contributed by atoms with E-state index >= 15 is 0 Å². The van der Waals surface area contributed by atoms with E-state index in [2.05, 4.69) is 22.2 Å². The summed E-state index contributed by atoms with van der Waals surface area (Å²) in [5.74, 6) is -1.84. The van der Waals surface area contributed by atoms with Crippen molar-refractivity contribution in [3.63, 3.8) is 0 Å². The zero-order valence-corrected chi connectivity index (χ0v) is 38.3. The Kier molecular flexibility index (Phi) is 15.8. The summed E-state index contributed by atoms with van der Waals surface area (Å²) in [5, 5.41) is 3.73. The van der Waals surface area contributed by atoms with Gasteiger partial charge in [0.1, 0.15) is 31.1 Å². The second-order valence-electron chi connectivity index (χ2n) is 17.7. The largest absolute Gasteiger partial charge is 0.458 e. The highest BCUT2D eigenvalue weighted by molar-refractivity contribution is 5.82. The molecule has 0 radical (unpaired) electrons. The monoisotopic (exact) mass is 908 g/mol. The lowest BCUT2D eigenvalue weighted by molar-refractivity contribution is -0.249. The maximum Gasteiger partial charge on any atom is 0.410 e. The first-order valence-electron chi connectivity index (χ1n) is 22.7. The number of benzene rings is 3. The SMILES string of the molecule is CCC1(CC)O[C@H]2[C@H](OC[C@@H](C(=O)OC(C)(C)C)N(CCCCCn3ccc(=O)n(COCc4ccccc4)c3=O)C(=O)OCC3c4ccccc4-c4ccccc43)O[C@H](CN=[N+]=[N-])[C@H]2O1. The van der Waals surface area contributed by atoms with E-state index < -0.39 is 65.3 Å². The quantitative estimate of drug-likeness (QED) is 0.0262. The lowest BCUT2D eigenvalue weighted by atomic mass is 9.98. The number of carbonyl (C=O) groups excluding carboxylic acids is 2. The minimum Gasteiger partial charge on any atom is -0.458 e. The van der Waals surface area contributed by atoms with Gasteiger partial charge in [0.25, 0.3) is 5.56 Å². The maximum atomic E-state index is 14.6. The summed E-state index contributed by atoms with van der Waals surface area (Å²) in [7, 11) is 0. The van der Waals surface area contributed by atoms with Crippen molar-refractivity contribution in [3.8, 4) is 11.1 Å². The summed E-state index contributed by atoms with van der Waals surface area (Å²) in [6, 6.07) is 25.6. The third kappa shape index (κ3) is 11.2. The first-order chi connectivity index (χ1) is 31.8. The van der Waals surface area contributed by atoms with Gasteiger partial charge in [0, 0.05) is 36.2 Å². The molecular formula is C49H60N6O11. The van der Waals surface area contributed by atoms with Crippen molar-refractivity contribution in [1.82, 2.24) is 14.0 Å². The Bertz CT molecular complexity index is 2410. The van der Waals surface area contributed by atoms with Gasteiger partial charge in [-0.15, -0.1) is 0 Å². The molecule has 0 bridgehead atoms. The first kappa shape index (κ1) is 48.1. The van der Waals surface area contributed by atoms with Crippen LogP contribution in [-0.2, 0) is 57.8 Å². The highest BCUT2D eigenvalue weighted by Gasteiger charge is 2.57. The lowest BCUT2D eigenvalue weighted by Gasteiger charge is -2.33. The van der Waals surface area contributed by atoms with Crippen LogP contribution < -0.4 is 11.2 Å². The van der Waals surface area contributed by atoms with Gasteiger partial charge < -0.3 is 37.7 Å². The van der Waals surface area contributed by atoms with E-state index in [1.165, 1.54) is 21.7 Å². The molecular weight excluding hydrogens is 849 g/mol. The maximum absolute atomic E-state index is 14.6. The van der Waals surface area contributed by atoms with Crippen LogP contribution in [0.3, 0.4) is 0 Å². The van der Waals surface area contributed by atoms with Crippen LogP contribution in [0.15, 0.2) is 106 Å². The predicted molar refractivity (Wildman–Crippen MR) is 243 cm³/mol. The Hall–Kier alpha value is -5.81. The molecule has 1 aromatic heterocycles. The Balaban J connectivity index is 1.09. The molecule has 2 saturated heterocycles. The molecule has 5 atom stereocenters. The van der Waals surface area contributed by atoms with Crippen LogP contribution in [0, 0.1) is 0 Å². The molecule has 2 aliphatic heterocycles. The van der Waals surface area contributed by atoms with Crippen molar-refractivity contribution in [1.29, 1.82) is 0 Å². The number of hydrogen-bond acceptors (Lipinski definition) is 12. The van der Waals surface area contributed by atoms with Crippen molar-refractivity contribution in [2.45, 2.75) is 135 Å². The van der Waals surface area contributed by atoms with Crippen LogP contribution in [0.2, 0.25) is 0 Å². The minimum atomic E-state index is -1.29. The van der Waals surface area contributed by atoms with E-state index in [-0.39, 0.29) is 45.6 Å². The van der Waals surface area contributed by atoms with E-state index in [4.69, 9.17) is 38.7 Å². The van der Waals surface area contributed by atoms with Gasteiger partial charge in [-0.05, 0) is 86.2 Å². The standard InChI is InChI=1S/C49H60N6O11/c1-6-49(7-2)64-42-40(28-51-52-50)63-45(43(42)65-49)61-31-39(44(57)66-48(3,4)5)54(47(59)62-30-38-36-22-14-12-20-34(36)35-21-13-15-23-37(35)38)26-17-9-16-25-53-27-24-41(56)55(46(53)58)32-60-29-33-18-10-8-11-19-33/h8,10-15,18-24,27,38-40,42-43,45H,6-7,9,16-17,25-26,28-32H2,1-5H3/t39-,40+,42+,43+,45+/m0/s1. The molecule has 352 valence electrons. The van der Waals surface area contributed by atoms with Crippen molar-refractivity contribution < 1.29 is 42.7 Å². The summed E-state index contributed by atoms with van der Waals surface area (Å²) < 4.78 is 45.7. The van der Waals surface area contributed by atoms with Crippen molar-refractivity contribution >= 4 is 12.1 Å². The number of amides is 1. The summed E-state index contributed by atoms with van der Waals surface area (Å²) in [6.07, 6.45) is 0.251. The predicted octanol–water partition coefficient (Wildman–Crippen LogP) is 7.67. The molecule has 0 N–H and O–H groups in total. The number of aromatic nitrogens is 2. The molecule has 66 heavy (non-hydrogen) atoms. The number of esters is 1. The Morgan fingerprint density at radius 2 is 1.56 bits per heavy atom. The average molecular weight is 909 g/mol. The number of aryl methyl sites for hydroxylation is 1. The number of rotatable bonds is 21. The molecule has 17 nitrogen and oxygen atoms in total.